The monoisotopic (exact) mass is 216 g/mol. The minimum Gasteiger partial charge on any atom is -0.442 e. The average molecular weight is 217 g/mol. The fourth-order valence-corrected chi connectivity index (χ4v) is 0.864. The highest BCUT2D eigenvalue weighted by Gasteiger charge is 2.09. The summed E-state index contributed by atoms with van der Waals surface area (Å²) in [5.41, 5.74) is 0. The number of carbonyl (C=O) groups excluding carboxylic acids is 1. The molecule has 11 heavy (non-hydrogen) atoms. The first-order chi connectivity index (χ1) is 5.24. The van der Waals surface area contributed by atoms with Gasteiger partial charge in [0.1, 0.15) is 0 Å². The van der Waals surface area contributed by atoms with Crippen molar-refractivity contribution in [3.05, 3.63) is 35.4 Å². The highest BCUT2D eigenvalue weighted by atomic mass is 79.9. The molecular weight excluding hydrogens is 212 g/mol. The van der Waals surface area contributed by atoms with Gasteiger partial charge in [-0.05, 0) is 28.1 Å². The summed E-state index contributed by atoms with van der Waals surface area (Å²) < 4.78 is 9.84. The summed E-state index contributed by atoms with van der Waals surface area (Å²) in [6, 6.07) is 3.12. The molecule has 58 valence electrons. The second-order valence-corrected chi connectivity index (χ2v) is 2.46. The normalized spacial score (nSPS) is 9.18. The molecule has 1 aromatic rings. The molecule has 4 heteroatoms. The van der Waals surface area contributed by atoms with Crippen molar-refractivity contribution < 1.29 is 13.9 Å². The SMILES string of the molecule is C=COC(=O)c1ccc(Br)o1. The van der Waals surface area contributed by atoms with Crippen LogP contribution < -0.4 is 0 Å². The predicted molar refractivity (Wildman–Crippen MR) is 42.0 cm³/mol. The average Bonchev–Trinajstić information content (AvgIpc) is 2.36. The number of furan rings is 1. The first-order valence-corrected chi connectivity index (χ1v) is 3.60. The molecule has 0 amide bonds. The van der Waals surface area contributed by atoms with Crippen LogP contribution in [0.2, 0.25) is 0 Å². The Morgan fingerprint density at radius 1 is 1.73 bits per heavy atom. The molecule has 0 atom stereocenters. The largest absolute Gasteiger partial charge is 0.442 e. The second-order valence-electron chi connectivity index (χ2n) is 1.68. The van der Waals surface area contributed by atoms with Crippen LogP contribution in [0.5, 0.6) is 0 Å². The Morgan fingerprint density at radius 3 is 2.91 bits per heavy atom. The van der Waals surface area contributed by atoms with Crippen molar-refractivity contribution in [2.45, 2.75) is 0 Å². The van der Waals surface area contributed by atoms with Gasteiger partial charge in [-0.25, -0.2) is 4.79 Å². The van der Waals surface area contributed by atoms with Gasteiger partial charge in [-0.15, -0.1) is 0 Å². The van der Waals surface area contributed by atoms with E-state index in [1.807, 2.05) is 0 Å². The minimum absolute atomic E-state index is 0.150. The van der Waals surface area contributed by atoms with E-state index in [4.69, 9.17) is 4.42 Å². The van der Waals surface area contributed by atoms with Gasteiger partial charge in [0.05, 0.1) is 6.26 Å². The van der Waals surface area contributed by atoms with Crippen LogP contribution in [-0.4, -0.2) is 5.97 Å². The van der Waals surface area contributed by atoms with Crippen LogP contribution in [0.25, 0.3) is 0 Å². The van der Waals surface area contributed by atoms with E-state index in [0.717, 1.165) is 6.26 Å². The lowest BCUT2D eigenvalue weighted by Gasteiger charge is -1.91. The molecular formula is C7H5BrO3. The van der Waals surface area contributed by atoms with Crippen molar-refractivity contribution >= 4 is 21.9 Å². The van der Waals surface area contributed by atoms with E-state index in [-0.39, 0.29) is 5.76 Å². The van der Waals surface area contributed by atoms with E-state index < -0.39 is 5.97 Å². The first-order valence-electron chi connectivity index (χ1n) is 2.81. The third-order valence-electron chi connectivity index (χ3n) is 0.965. The van der Waals surface area contributed by atoms with E-state index >= 15 is 0 Å². The van der Waals surface area contributed by atoms with Crippen molar-refractivity contribution in [3.8, 4) is 0 Å². The van der Waals surface area contributed by atoms with E-state index in [1.165, 1.54) is 6.07 Å². The number of rotatable bonds is 2. The molecule has 0 fully saturated rings. The van der Waals surface area contributed by atoms with Gasteiger partial charge in [-0.3, -0.25) is 0 Å². The molecule has 1 rings (SSSR count). The van der Waals surface area contributed by atoms with Crippen LogP contribution in [-0.2, 0) is 4.74 Å². The van der Waals surface area contributed by atoms with Crippen LogP contribution in [0.1, 0.15) is 10.6 Å². The summed E-state index contributed by atoms with van der Waals surface area (Å²) in [5.74, 6) is -0.400. The predicted octanol–water partition coefficient (Wildman–Crippen LogP) is 2.34. The zero-order valence-electron chi connectivity index (χ0n) is 5.54. The summed E-state index contributed by atoms with van der Waals surface area (Å²) in [6.07, 6.45) is 1.05. The fraction of sp³-hybridized carbons (Fsp3) is 0. The molecule has 0 spiro atoms. The van der Waals surface area contributed by atoms with Crippen LogP contribution >= 0.6 is 15.9 Å². The maximum absolute atomic E-state index is 10.8. The fourth-order valence-electron chi connectivity index (χ4n) is 0.558. The summed E-state index contributed by atoms with van der Waals surface area (Å²) in [4.78, 5) is 10.8. The Kier molecular flexibility index (Phi) is 2.48. The summed E-state index contributed by atoms with van der Waals surface area (Å²) in [5, 5.41) is 0. The third kappa shape index (κ3) is 1.94. The molecule has 3 nitrogen and oxygen atoms in total. The Labute approximate surface area is 71.8 Å². The Bertz CT molecular complexity index is 277. The molecule has 0 aliphatic heterocycles. The molecule has 0 aliphatic rings. The molecule has 0 unspecified atom stereocenters. The Hall–Kier alpha value is -1.03. The van der Waals surface area contributed by atoms with Gasteiger partial charge in [0.2, 0.25) is 5.76 Å². The number of hydrogen-bond acceptors (Lipinski definition) is 3. The van der Waals surface area contributed by atoms with Crippen LogP contribution in [0.4, 0.5) is 0 Å². The number of ether oxygens (including phenoxy) is 1. The van der Waals surface area contributed by atoms with E-state index in [2.05, 4.69) is 27.2 Å². The third-order valence-corrected chi connectivity index (χ3v) is 1.39. The van der Waals surface area contributed by atoms with Gasteiger partial charge in [0, 0.05) is 0 Å². The quantitative estimate of drug-likeness (QED) is 0.563. The van der Waals surface area contributed by atoms with Crippen LogP contribution in [0, 0.1) is 0 Å². The van der Waals surface area contributed by atoms with Crippen molar-refractivity contribution in [2.75, 3.05) is 0 Å². The van der Waals surface area contributed by atoms with Gasteiger partial charge in [0.25, 0.3) is 0 Å². The van der Waals surface area contributed by atoms with Crippen LogP contribution in [0.3, 0.4) is 0 Å². The van der Waals surface area contributed by atoms with E-state index in [0.29, 0.717) is 4.67 Å². The lowest BCUT2D eigenvalue weighted by molar-refractivity contribution is 0.0628. The van der Waals surface area contributed by atoms with Gasteiger partial charge >= 0.3 is 5.97 Å². The number of hydrogen-bond donors (Lipinski definition) is 0. The second kappa shape index (κ2) is 3.39. The smallest absolute Gasteiger partial charge is 0.379 e. The molecule has 0 aliphatic carbocycles. The maximum Gasteiger partial charge on any atom is 0.379 e. The van der Waals surface area contributed by atoms with Crippen molar-refractivity contribution in [2.24, 2.45) is 0 Å². The van der Waals surface area contributed by atoms with Gasteiger partial charge < -0.3 is 9.15 Å². The lowest BCUT2D eigenvalue weighted by atomic mass is 10.5. The van der Waals surface area contributed by atoms with Crippen molar-refractivity contribution in [3.63, 3.8) is 0 Å². The number of esters is 1. The van der Waals surface area contributed by atoms with Crippen molar-refractivity contribution in [1.82, 2.24) is 0 Å². The Balaban J connectivity index is 2.76. The summed E-state index contributed by atoms with van der Waals surface area (Å²) in [7, 11) is 0. The highest BCUT2D eigenvalue weighted by molar-refractivity contribution is 9.10. The van der Waals surface area contributed by atoms with Gasteiger partial charge in [-0.1, -0.05) is 6.58 Å². The highest BCUT2D eigenvalue weighted by Crippen LogP contribution is 2.14. The zero-order valence-corrected chi connectivity index (χ0v) is 7.13. The van der Waals surface area contributed by atoms with Gasteiger partial charge in [-0.2, -0.15) is 0 Å². The molecule has 0 saturated heterocycles. The van der Waals surface area contributed by atoms with Gasteiger partial charge in [0.15, 0.2) is 4.67 Å². The molecule has 0 saturated carbocycles. The Morgan fingerprint density at radius 2 is 2.45 bits per heavy atom. The zero-order chi connectivity index (χ0) is 8.27. The van der Waals surface area contributed by atoms with Crippen molar-refractivity contribution in [1.29, 1.82) is 0 Å². The number of halogens is 1. The standard InChI is InChI=1S/C7H5BrO3/c1-2-10-7(9)5-3-4-6(8)11-5/h2-4H,1H2. The molecule has 0 aromatic carbocycles. The molecule has 0 radical (unpaired) electrons. The van der Waals surface area contributed by atoms with E-state index in [1.54, 1.807) is 6.07 Å². The lowest BCUT2D eigenvalue weighted by Crippen LogP contribution is -1.97. The molecule has 0 N–H and O–H groups in total. The molecule has 1 aromatic heterocycles. The molecule has 0 bridgehead atoms. The topological polar surface area (TPSA) is 39.4 Å². The summed E-state index contributed by atoms with van der Waals surface area (Å²) >= 11 is 3.05. The summed E-state index contributed by atoms with van der Waals surface area (Å²) in [6.45, 7) is 3.24. The minimum atomic E-state index is -0.550. The van der Waals surface area contributed by atoms with Crippen LogP contribution in [0.15, 0.2) is 34.1 Å². The molecule has 1 heterocycles. The number of carbonyl (C=O) groups is 1. The maximum atomic E-state index is 10.8. The first kappa shape index (κ1) is 8.07. The van der Waals surface area contributed by atoms with E-state index in [9.17, 15) is 4.79 Å².